The second kappa shape index (κ2) is 6.22. The Morgan fingerprint density at radius 1 is 1.43 bits per heavy atom. The number of aryl methyl sites for hydroxylation is 1. The standard InChI is InChI=1S/C17H25NO3/c1-11-9-14(11)16-7-5-13(21-16)6-8-17(20)18-10-12-3-2-4-15(12)19/h5,7,11-12,14-15,19H,2-4,6,8-10H2,1H3,(H,18,20). The molecule has 2 N–H and O–H groups in total. The quantitative estimate of drug-likeness (QED) is 0.847. The fourth-order valence-electron chi connectivity index (χ4n) is 3.27. The van der Waals surface area contributed by atoms with Crippen LogP contribution in [-0.4, -0.2) is 23.7 Å². The molecule has 0 aromatic carbocycles. The minimum Gasteiger partial charge on any atom is -0.466 e. The molecule has 4 atom stereocenters. The van der Waals surface area contributed by atoms with Crippen LogP contribution in [0, 0.1) is 11.8 Å². The van der Waals surface area contributed by atoms with Crippen molar-refractivity contribution in [2.75, 3.05) is 6.54 Å². The first-order valence-corrected chi connectivity index (χ1v) is 8.17. The number of hydrogen-bond acceptors (Lipinski definition) is 3. The van der Waals surface area contributed by atoms with Crippen molar-refractivity contribution < 1.29 is 14.3 Å². The molecule has 1 aromatic rings. The Morgan fingerprint density at radius 3 is 2.90 bits per heavy atom. The second-order valence-electron chi connectivity index (χ2n) is 6.69. The van der Waals surface area contributed by atoms with E-state index in [-0.39, 0.29) is 17.9 Å². The summed E-state index contributed by atoms with van der Waals surface area (Å²) in [5, 5.41) is 12.7. The monoisotopic (exact) mass is 291 g/mol. The van der Waals surface area contributed by atoms with Gasteiger partial charge in [-0.05, 0) is 37.3 Å². The highest BCUT2D eigenvalue weighted by molar-refractivity contribution is 5.76. The molecule has 1 amide bonds. The molecule has 0 saturated heterocycles. The number of aliphatic hydroxyl groups excluding tert-OH is 1. The molecule has 4 nitrogen and oxygen atoms in total. The molecule has 0 spiro atoms. The summed E-state index contributed by atoms with van der Waals surface area (Å²) in [6.45, 7) is 2.83. The van der Waals surface area contributed by atoms with Gasteiger partial charge < -0.3 is 14.8 Å². The maximum Gasteiger partial charge on any atom is 0.220 e. The third-order valence-electron chi connectivity index (χ3n) is 4.94. The van der Waals surface area contributed by atoms with Gasteiger partial charge in [-0.1, -0.05) is 13.3 Å². The maximum absolute atomic E-state index is 11.9. The van der Waals surface area contributed by atoms with Crippen LogP contribution in [0.25, 0.3) is 0 Å². The van der Waals surface area contributed by atoms with Gasteiger partial charge in [0, 0.05) is 31.2 Å². The topological polar surface area (TPSA) is 62.5 Å². The minimum absolute atomic E-state index is 0.0480. The van der Waals surface area contributed by atoms with E-state index >= 15 is 0 Å². The van der Waals surface area contributed by atoms with Gasteiger partial charge in [0.25, 0.3) is 0 Å². The lowest BCUT2D eigenvalue weighted by atomic mass is 10.1. The number of carbonyl (C=O) groups is 1. The molecule has 1 heterocycles. The summed E-state index contributed by atoms with van der Waals surface area (Å²) < 4.78 is 5.80. The van der Waals surface area contributed by atoms with Gasteiger partial charge in [0.1, 0.15) is 11.5 Å². The SMILES string of the molecule is CC1CC1c1ccc(CCC(=O)NCC2CCCC2O)o1. The van der Waals surface area contributed by atoms with Gasteiger partial charge in [0.2, 0.25) is 5.91 Å². The molecule has 2 aliphatic rings. The molecule has 0 radical (unpaired) electrons. The lowest BCUT2D eigenvalue weighted by molar-refractivity contribution is -0.121. The lowest BCUT2D eigenvalue weighted by Gasteiger charge is -2.14. The van der Waals surface area contributed by atoms with Crippen molar-refractivity contribution in [1.29, 1.82) is 0 Å². The third-order valence-corrected chi connectivity index (χ3v) is 4.94. The summed E-state index contributed by atoms with van der Waals surface area (Å²) in [5.74, 6) is 3.60. The summed E-state index contributed by atoms with van der Waals surface area (Å²) in [6.07, 6.45) is 5.04. The molecule has 4 unspecified atom stereocenters. The molecule has 4 heteroatoms. The maximum atomic E-state index is 11.9. The molecule has 1 aromatic heterocycles. The number of rotatable bonds is 6. The van der Waals surface area contributed by atoms with Crippen LogP contribution in [0.15, 0.2) is 16.5 Å². The number of amides is 1. The van der Waals surface area contributed by atoms with Crippen molar-refractivity contribution in [3.8, 4) is 0 Å². The van der Waals surface area contributed by atoms with Crippen LogP contribution in [-0.2, 0) is 11.2 Å². The van der Waals surface area contributed by atoms with E-state index < -0.39 is 0 Å². The van der Waals surface area contributed by atoms with Gasteiger partial charge in [0.05, 0.1) is 6.10 Å². The highest BCUT2D eigenvalue weighted by atomic mass is 16.3. The molecule has 2 saturated carbocycles. The number of hydrogen-bond donors (Lipinski definition) is 2. The molecule has 2 aliphatic carbocycles. The van der Waals surface area contributed by atoms with Crippen LogP contribution in [0.2, 0.25) is 0 Å². The predicted molar refractivity (Wildman–Crippen MR) is 79.9 cm³/mol. The largest absolute Gasteiger partial charge is 0.466 e. The zero-order chi connectivity index (χ0) is 14.8. The molecule has 3 rings (SSSR count). The number of nitrogens with one attached hydrogen (secondary N) is 1. The Hall–Kier alpha value is -1.29. The van der Waals surface area contributed by atoms with Gasteiger partial charge in [0.15, 0.2) is 0 Å². The highest BCUT2D eigenvalue weighted by Crippen LogP contribution is 2.47. The second-order valence-corrected chi connectivity index (χ2v) is 6.69. The van der Waals surface area contributed by atoms with Crippen LogP contribution in [0.1, 0.15) is 56.5 Å². The van der Waals surface area contributed by atoms with Gasteiger partial charge in [-0.15, -0.1) is 0 Å². The zero-order valence-corrected chi connectivity index (χ0v) is 12.7. The van der Waals surface area contributed by atoms with Crippen molar-refractivity contribution in [1.82, 2.24) is 5.32 Å². The summed E-state index contributed by atoms with van der Waals surface area (Å²) in [4.78, 5) is 11.9. The van der Waals surface area contributed by atoms with E-state index in [1.807, 2.05) is 6.07 Å². The van der Waals surface area contributed by atoms with E-state index in [1.165, 1.54) is 6.42 Å². The minimum atomic E-state index is -0.238. The summed E-state index contributed by atoms with van der Waals surface area (Å²) in [5.41, 5.74) is 0. The number of carbonyl (C=O) groups excluding carboxylic acids is 1. The molecule has 2 fully saturated rings. The smallest absolute Gasteiger partial charge is 0.220 e. The van der Waals surface area contributed by atoms with Crippen LogP contribution in [0.5, 0.6) is 0 Å². The van der Waals surface area contributed by atoms with Crippen molar-refractivity contribution >= 4 is 5.91 Å². The van der Waals surface area contributed by atoms with Crippen molar-refractivity contribution in [3.05, 3.63) is 23.7 Å². The number of furan rings is 1. The predicted octanol–water partition coefficient (Wildman–Crippen LogP) is 2.61. The first-order valence-electron chi connectivity index (χ1n) is 8.17. The summed E-state index contributed by atoms with van der Waals surface area (Å²) in [6, 6.07) is 4.05. The Labute approximate surface area is 125 Å². The molecular weight excluding hydrogens is 266 g/mol. The molecule has 0 aliphatic heterocycles. The first-order chi connectivity index (χ1) is 10.1. The lowest BCUT2D eigenvalue weighted by Crippen LogP contribution is -2.32. The normalized spacial score (nSPS) is 31.3. The van der Waals surface area contributed by atoms with Crippen molar-refractivity contribution in [2.45, 2.75) is 57.5 Å². The summed E-state index contributed by atoms with van der Waals surface area (Å²) >= 11 is 0. The summed E-state index contributed by atoms with van der Waals surface area (Å²) in [7, 11) is 0. The molecular formula is C17H25NO3. The van der Waals surface area contributed by atoms with Crippen molar-refractivity contribution in [3.63, 3.8) is 0 Å². The van der Waals surface area contributed by atoms with Crippen LogP contribution < -0.4 is 5.32 Å². The average molecular weight is 291 g/mol. The highest BCUT2D eigenvalue weighted by Gasteiger charge is 2.36. The van der Waals surface area contributed by atoms with E-state index in [0.29, 0.717) is 25.3 Å². The van der Waals surface area contributed by atoms with Crippen LogP contribution in [0.3, 0.4) is 0 Å². The Balaban J connectivity index is 1.38. The van der Waals surface area contributed by atoms with E-state index in [2.05, 4.69) is 18.3 Å². The Bertz CT molecular complexity index is 496. The fraction of sp³-hybridized carbons (Fsp3) is 0.706. The van der Waals surface area contributed by atoms with Crippen LogP contribution in [0.4, 0.5) is 0 Å². The fourth-order valence-corrected chi connectivity index (χ4v) is 3.27. The molecule has 0 bridgehead atoms. The molecule has 116 valence electrons. The van der Waals surface area contributed by atoms with Crippen LogP contribution >= 0.6 is 0 Å². The van der Waals surface area contributed by atoms with E-state index in [0.717, 1.165) is 36.7 Å². The van der Waals surface area contributed by atoms with E-state index in [1.54, 1.807) is 0 Å². The van der Waals surface area contributed by atoms with Gasteiger partial charge in [-0.25, -0.2) is 0 Å². The molecule has 21 heavy (non-hydrogen) atoms. The zero-order valence-electron chi connectivity index (χ0n) is 12.7. The average Bonchev–Trinajstić information content (AvgIpc) is 2.89. The van der Waals surface area contributed by atoms with E-state index in [4.69, 9.17) is 4.42 Å². The van der Waals surface area contributed by atoms with E-state index in [9.17, 15) is 9.90 Å². The van der Waals surface area contributed by atoms with Crippen molar-refractivity contribution in [2.24, 2.45) is 11.8 Å². The van der Waals surface area contributed by atoms with Gasteiger partial charge in [-0.2, -0.15) is 0 Å². The third kappa shape index (κ3) is 3.67. The van der Waals surface area contributed by atoms with Gasteiger partial charge in [-0.3, -0.25) is 4.79 Å². The first kappa shape index (κ1) is 14.6. The Kier molecular flexibility index (Phi) is 4.34. The van der Waals surface area contributed by atoms with Gasteiger partial charge >= 0.3 is 0 Å². The Morgan fingerprint density at radius 2 is 2.24 bits per heavy atom. The number of aliphatic hydroxyl groups is 1.